The Morgan fingerprint density at radius 1 is 1.43 bits per heavy atom. The van der Waals surface area contributed by atoms with Crippen molar-refractivity contribution in [3.05, 3.63) is 0 Å². The van der Waals surface area contributed by atoms with E-state index < -0.39 is 21.6 Å². The molecule has 0 saturated heterocycles. The van der Waals surface area contributed by atoms with Crippen molar-refractivity contribution in [2.24, 2.45) is 0 Å². The lowest BCUT2D eigenvalue weighted by molar-refractivity contribution is -0.886. The number of alkyl halides is 1. The molecule has 0 bridgehead atoms. The van der Waals surface area contributed by atoms with Crippen LogP contribution in [0, 0.1) is 0 Å². The molecule has 1 N–H and O–H groups in total. The Bertz CT molecular complexity index is 27.3. The Morgan fingerprint density at radius 3 is 2.57 bits per heavy atom. The minimum Gasteiger partial charge on any atom is -0.161 e. The van der Waals surface area contributed by atoms with E-state index in [2.05, 4.69) is 6.92 Å². The van der Waals surface area contributed by atoms with Crippen molar-refractivity contribution < 1.29 is 25.1 Å². The van der Waals surface area contributed by atoms with E-state index in [1.165, 1.54) is 19.3 Å². The number of hydrogen-bond acceptors (Lipinski definition) is 1. The maximum Gasteiger partial charge on any atom is 0.471 e. The first-order chi connectivity index (χ1) is 3.41. The maximum atomic E-state index is 8.40. The molecule has 44 valence electrons. The van der Waals surface area contributed by atoms with Crippen LogP contribution in [-0.2, 0) is 0 Å². The molecule has 0 aliphatic rings. The van der Waals surface area contributed by atoms with Crippen molar-refractivity contribution in [1.82, 2.24) is 0 Å². The van der Waals surface area contributed by atoms with Gasteiger partial charge in [-0.25, -0.2) is 0 Å². The molecule has 0 spiro atoms. The molecule has 0 radical (unpaired) electrons. The van der Waals surface area contributed by atoms with Gasteiger partial charge < -0.3 is 0 Å². The average molecular weight is 215 g/mol. The highest BCUT2D eigenvalue weighted by molar-refractivity contribution is 4.30. The van der Waals surface area contributed by atoms with Crippen LogP contribution in [0.15, 0.2) is 0 Å². The molecule has 0 aromatic carbocycles. The fourth-order valence-electron chi connectivity index (χ4n) is 0.404. The second-order valence-corrected chi connectivity index (χ2v) is 3.28. The predicted molar refractivity (Wildman–Crippen MR) is 26.6 cm³/mol. The largest absolute Gasteiger partial charge is 0.471 e. The first-order valence-corrected chi connectivity index (χ1v) is 5.13. The summed E-state index contributed by atoms with van der Waals surface area (Å²) in [7, 11) is 0. The van der Waals surface area contributed by atoms with Crippen LogP contribution in [-0.4, -0.2) is 7.86 Å². The SMILES string of the molecule is CCCCC[I+]O. The second-order valence-electron chi connectivity index (χ2n) is 1.52. The van der Waals surface area contributed by atoms with Crippen LogP contribution in [0.1, 0.15) is 26.2 Å². The van der Waals surface area contributed by atoms with E-state index in [1.807, 2.05) is 0 Å². The minimum absolute atomic E-state index is 0.405. The highest BCUT2D eigenvalue weighted by atomic mass is 127. The standard InChI is InChI=1S/C5H12IO/c1-2-3-4-5-6-7/h7H,2-5H2,1H3/q+1. The summed E-state index contributed by atoms with van der Waals surface area (Å²) in [4.78, 5) is 0. The van der Waals surface area contributed by atoms with Gasteiger partial charge >= 0.3 is 21.6 Å². The van der Waals surface area contributed by atoms with Crippen LogP contribution in [0.3, 0.4) is 0 Å². The third kappa shape index (κ3) is 6.69. The molecule has 7 heavy (non-hydrogen) atoms. The summed E-state index contributed by atoms with van der Waals surface area (Å²) in [5.41, 5.74) is 0. The third-order valence-corrected chi connectivity index (χ3v) is 2.07. The Hall–Kier alpha value is 0.690. The van der Waals surface area contributed by atoms with Crippen molar-refractivity contribution in [2.75, 3.05) is 4.43 Å². The van der Waals surface area contributed by atoms with Gasteiger partial charge in [0.1, 0.15) is 0 Å². The summed E-state index contributed by atoms with van der Waals surface area (Å²) in [6.07, 6.45) is 3.80. The molecule has 0 aromatic heterocycles. The first kappa shape index (κ1) is 7.69. The smallest absolute Gasteiger partial charge is 0.161 e. The zero-order valence-electron chi connectivity index (χ0n) is 4.65. The second kappa shape index (κ2) is 6.69. The molecule has 1 nitrogen and oxygen atoms in total. The van der Waals surface area contributed by atoms with Crippen LogP contribution in [0.25, 0.3) is 0 Å². The van der Waals surface area contributed by atoms with Crippen LogP contribution >= 0.6 is 0 Å². The summed E-state index contributed by atoms with van der Waals surface area (Å²) in [6, 6.07) is 0. The van der Waals surface area contributed by atoms with Gasteiger partial charge in [-0.2, -0.15) is 3.44 Å². The molecule has 0 aliphatic heterocycles. The molecule has 0 heterocycles. The van der Waals surface area contributed by atoms with Crippen molar-refractivity contribution in [3.63, 3.8) is 0 Å². The van der Waals surface area contributed by atoms with E-state index in [9.17, 15) is 0 Å². The Balaban J connectivity index is 2.45. The van der Waals surface area contributed by atoms with E-state index in [4.69, 9.17) is 3.44 Å². The molecule has 0 aromatic rings. The van der Waals surface area contributed by atoms with Crippen molar-refractivity contribution in [1.29, 1.82) is 0 Å². The Kier molecular flexibility index (Phi) is 7.35. The fourth-order valence-corrected chi connectivity index (χ4v) is 1.28. The topological polar surface area (TPSA) is 20.2 Å². The normalized spacial score (nSPS) is 9.43. The summed E-state index contributed by atoms with van der Waals surface area (Å²) >= 11 is -0.405. The van der Waals surface area contributed by atoms with Gasteiger partial charge in [-0.15, -0.1) is 0 Å². The summed E-state index contributed by atoms with van der Waals surface area (Å²) in [6.45, 7) is 2.18. The molecule has 0 unspecified atom stereocenters. The van der Waals surface area contributed by atoms with Crippen molar-refractivity contribution in [2.45, 2.75) is 26.2 Å². The van der Waals surface area contributed by atoms with Gasteiger partial charge in [0.25, 0.3) is 0 Å². The number of rotatable bonds is 4. The lowest BCUT2D eigenvalue weighted by atomic mass is 10.3. The van der Waals surface area contributed by atoms with Crippen molar-refractivity contribution >= 4 is 0 Å². The van der Waals surface area contributed by atoms with Gasteiger partial charge in [0.15, 0.2) is 4.43 Å². The summed E-state index contributed by atoms with van der Waals surface area (Å²) < 4.78 is 9.49. The van der Waals surface area contributed by atoms with E-state index in [0.29, 0.717) is 0 Å². The molecular formula is C5H12IO+. The molecule has 0 rings (SSSR count). The van der Waals surface area contributed by atoms with Crippen molar-refractivity contribution in [3.8, 4) is 0 Å². The fraction of sp³-hybridized carbons (Fsp3) is 1.00. The highest BCUT2D eigenvalue weighted by Gasteiger charge is 1.97. The zero-order valence-corrected chi connectivity index (χ0v) is 6.81. The van der Waals surface area contributed by atoms with E-state index in [1.54, 1.807) is 0 Å². The lowest BCUT2D eigenvalue weighted by Gasteiger charge is -1.81. The van der Waals surface area contributed by atoms with Crippen LogP contribution in [0.4, 0.5) is 0 Å². The first-order valence-electron chi connectivity index (χ1n) is 2.64. The lowest BCUT2D eigenvalue weighted by Crippen LogP contribution is -3.62. The van der Waals surface area contributed by atoms with Gasteiger partial charge in [0.2, 0.25) is 0 Å². The zero-order chi connectivity index (χ0) is 5.54. The van der Waals surface area contributed by atoms with Crippen LogP contribution in [0.2, 0.25) is 0 Å². The van der Waals surface area contributed by atoms with Gasteiger partial charge in [0.05, 0.1) is 0 Å². The number of halogens is 1. The summed E-state index contributed by atoms with van der Waals surface area (Å²) in [5.74, 6) is 0. The van der Waals surface area contributed by atoms with Gasteiger partial charge in [0, 0.05) is 0 Å². The van der Waals surface area contributed by atoms with Crippen LogP contribution < -0.4 is 21.6 Å². The summed E-state index contributed by atoms with van der Waals surface area (Å²) in [5, 5.41) is 0. The van der Waals surface area contributed by atoms with Crippen LogP contribution in [0.5, 0.6) is 0 Å². The monoisotopic (exact) mass is 215 g/mol. The third-order valence-electron chi connectivity index (χ3n) is 0.822. The van der Waals surface area contributed by atoms with Gasteiger partial charge in [-0.3, -0.25) is 0 Å². The highest BCUT2D eigenvalue weighted by Crippen LogP contribution is 1.87. The molecular weight excluding hydrogens is 203 g/mol. The van der Waals surface area contributed by atoms with E-state index in [-0.39, 0.29) is 0 Å². The average Bonchev–Trinajstić information content (AvgIpc) is 1.69. The molecule has 2 heteroatoms. The quantitative estimate of drug-likeness (QED) is 0.332. The Morgan fingerprint density at radius 2 is 2.14 bits per heavy atom. The minimum atomic E-state index is -0.405. The molecule has 0 saturated carbocycles. The number of unbranched alkanes of at least 4 members (excludes halogenated alkanes) is 2. The van der Waals surface area contributed by atoms with Gasteiger partial charge in [-0.1, -0.05) is 13.3 Å². The van der Waals surface area contributed by atoms with Gasteiger partial charge in [-0.05, 0) is 12.8 Å². The van der Waals surface area contributed by atoms with E-state index in [0.717, 1.165) is 4.43 Å². The van der Waals surface area contributed by atoms with E-state index >= 15 is 0 Å². The predicted octanol–water partition coefficient (Wildman–Crippen LogP) is -1.83. The molecule has 0 fully saturated rings. The molecule has 0 amide bonds. The molecule has 0 atom stereocenters. The Labute approximate surface area is 55.9 Å². The maximum absolute atomic E-state index is 8.40. The molecule has 0 aliphatic carbocycles. The number of hydrogen-bond donors (Lipinski definition) is 1.